The van der Waals surface area contributed by atoms with Crippen LogP contribution < -0.4 is 11.2 Å². The van der Waals surface area contributed by atoms with E-state index in [1.165, 1.54) is 4.57 Å². The predicted octanol–water partition coefficient (Wildman–Crippen LogP) is 1.47. The van der Waals surface area contributed by atoms with Gasteiger partial charge in [-0.2, -0.15) is 0 Å². The van der Waals surface area contributed by atoms with Gasteiger partial charge in [-0.1, -0.05) is 0 Å². The molecule has 2 saturated carbocycles. The van der Waals surface area contributed by atoms with Crippen molar-refractivity contribution in [2.45, 2.75) is 38.8 Å². The highest BCUT2D eigenvalue weighted by molar-refractivity contribution is 9.10. The molecule has 2 fully saturated rings. The predicted molar refractivity (Wildman–Crippen MR) is 77.8 cm³/mol. The van der Waals surface area contributed by atoms with Gasteiger partial charge in [-0.25, -0.2) is 9.78 Å². The van der Waals surface area contributed by atoms with E-state index in [0.717, 1.165) is 25.7 Å². The molecule has 0 spiro atoms. The molecule has 6 nitrogen and oxygen atoms in total. The van der Waals surface area contributed by atoms with Gasteiger partial charge in [0.05, 0.1) is 0 Å². The minimum atomic E-state index is -0.248. The molecular weight excluding hydrogens is 324 g/mol. The topological polar surface area (TPSA) is 72.7 Å². The molecular formula is C13H15BrN4O2. The van der Waals surface area contributed by atoms with E-state index in [2.05, 4.69) is 25.9 Å². The number of H-pyrrole nitrogens is 1. The molecule has 1 N–H and O–H groups in total. The molecule has 2 heterocycles. The zero-order chi connectivity index (χ0) is 13.9. The Morgan fingerprint density at radius 3 is 2.30 bits per heavy atom. The molecule has 20 heavy (non-hydrogen) atoms. The lowest BCUT2D eigenvalue weighted by Crippen LogP contribution is -2.41. The third-order valence-electron chi connectivity index (χ3n) is 4.11. The molecule has 2 aliphatic carbocycles. The van der Waals surface area contributed by atoms with Gasteiger partial charge in [-0.05, 0) is 53.4 Å². The smallest absolute Gasteiger partial charge is 0.327 e. The van der Waals surface area contributed by atoms with Crippen LogP contribution in [0.2, 0.25) is 0 Å². The Kier molecular flexibility index (Phi) is 2.67. The van der Waals surface area contributed by atoms with Gasteiger partial charge in [0, 0.05) is 13.1 Å². The van der Waals surface area contributed by atoms with E-state index < -0.39 is 0 Å². The summed E-state index contributed by atoms with van der Waals surface area (Å²) in [7, 11) is 0. The van der Waals surface area contributed by atoms with Crippen LogP contribution in [-0.4, -0.2) is 19.1 Å². The minimum Gasteiger partial charge on any atom is -0.327 e. The number of halogens is 1. The van der Waals surface area contributed by atoms with Crippen molar-refractivity contribution in [3.05, 3.63) is 25.6 Å². The molecule has 106 valence electrons. The number of hydrogen-bond acceptors (Lipinski definition) is 3. The van der Waals surface area contributed by atoms with Crippen LogP contribution in [0.3, 0.4) is 0 Å². The number of aromatic amines is 1. The van der Waals surface area contributed by atoms with Crippen LogP contribution in [0.25, 0.3) is 11.2 Å². The number of fused-ring (bicyclic) bond motifs is 1. The quantitative estimate of drug-likeness (QED) is 0.858. The SMILES string of the molecule is O=c1c2[nH]c(Br)nc2n(CC2CC2)c(=O)n1CC1CC1. The van der Waals surface area contributed by atoms with Gasteiger partial charge in [-0.3, -0.25) is 13.9 Å². The maximum atomic E-state index is 12.6. The summed E-state index contributed by atoms with van der Waals surface area (Å²) < 4.78 is 3.54. The summed E-state index contributed by atoms with van der Waals surface area (Å²) in [5.74, 6) is 1.04. The van der Waals surface area contributed by atoms with E-state index in [1.54, 1.807) is 4.57 Å². The summed E-state index contributed by atoms with van der Waals surface area (Å²) in [5.41, 5.74) is 0.450. The highest BCUT2D eigenvalue weighted by Crippen LogP contribution is 2.31. The number of hydrogen-bond donors (Lipinski definition) is 1. The molecule has 0 aliphatic heterocycles. The van der Waals surface area contributed by atoms with Gasteiger partial charge in [0.25, 0.3) is 5.56 Å². The van der Waals surface area contributed by atoms with Gasteiger partial charge in [0.2, 0.25) is 0 Å². The minimum absolute atomic E-state index is 0.208. The Labute approximate surface area is 122 Å². The summed E-state index contributed by atoms with van der Waals surface area (Å²) in [6.45, 7) is 1.20. The third kappa shape index (κ3) is 2.04. The number of nitrogens with zero attached hydrogens (tertiary/aromatic N) is 3. The molecule has 4 rings (SSSR count). The zero-order valence-corrected chi connectivity index (χ0v) is 12.5. The molecule has 7 heteroatoms. The van der Waals surface area contributed by atoms with E-state index in [9.17, 15) is 9.59 Å². The molecule has 0 unspecified atom stereocenters. The van der Waals surface area contributed by atoms with Crippen LogP contribution in [-0.2, 0) is 13.1 Å². The van der Waals surface area contributed by atoms with Crippen molar-refractivity contribution in [1.29, 1.82) is 0 Å². The Balaban J connectivity index is 1.95. The van der Waals surface area contributed by atoms with Gasteiger partial charge in [-0.15, -0.1) is 0 Å². The number of aromatic nitrogens is 4. The van der Waals surface area contributed by atoms with Crippen molar-refractivity contribution in [3.63, 3.8) is 0 Å². The van der Waals surface area contributed by atoms with Gasteiger partial charge in [0.1, 0.15) is 0 Å². The summed E-state index contributed by atoms with van der Waals surface area (Å²) >= 11 is 3.26. The lowest BCUT2D eigenvalue weighted by atomic mass is 10.3. The fourth-order valence-electron chi connectivity index (χ4n) is 2.58. The second-order valence-electron chi connectivity index (χ2n) is 5.92. The molecule has 0 aromatic carbocycles. The lowest BCUT2D eigenvalue weighted by molar-refractivity contribution is 0.520. The first-order valence-corrected chi connectivity index (χ1v) is 7.81. The van der Waals surface area contributed by atoms with Crippen molar-refractivity contribution in [2.24, 2.45) is 11.8 Å². The molecule has 0 amide bonds. The summed E-state index contributed by atoms with van der Waals surface area (Å²) in [4.78, 5) is 32.2. The molecule has 2 aliphatic rings. The van der Waals surface area contributed by atoms with E-state index in [-0.39, 0.29) is 11.2 Å². The Hall–Kier alpha value is -1.37. The summed E-state index contributed by atoms with van der Waals surface area (Å²) in [6.07, 6.45) is 4.53. The first kappa shape index (κ1) is 12.4. The first-order valence-electron chi connectivity index (χ1n) is 7.02. The molecule has 0 bridgehead atoms. The zero-order valence-electron chi connectivity index (χ0n) is 10.9. The molecule has 0 saturated heterocycles. The van der Waals surface area contributed by atoms with Crippen LogP contribution in [0.1, 0.15) is 25.7 Å². The summed E-state index contributed by atoms with van der Waals surface area (Å²) in [6, 6.07) is 0. The van der Waals surface area contributed by atoms with Crippen LogP contribution >= 0.6 is 15.9 Å². The monoisotopic (exact) mass is 338 g/mol. The Bertz CT molecular complexity index is 795. The van der Waals surface area contributed by atoms with Crippen molar-refractivity contribution in [3.8, 4) is 0 Å². The standard InChI is InChI=1S/C13H15BrN4O2/c14-12-15-9-10(16-12)17(5-7-1-2-7)13(20)18(11(9)19)6-8-3-4-8/h7-8H,1-6H2,(H,15,16). The van der Waals surface area contributed by atoms with Gasteiger partial charge >= 0.3 is 5.69 Å². The fraction of sp³-hybridized carbons (Fsp3) is 0.615. The van der Waals surface area contributed by atoms with Crippen LogP contribution in [0.15, 0.2) is 14.3 Å². The van der Waals surface area contributed by atoms with Crippen LogP contribution in [0.4, 0.5) is 0 Å². The normalized spacial score (nSPS) is 18.9. The average Bonchev–Trinajstić information content (AvgIpc) is 3.31. The second-order valence-corrected chi connectivity index (χ2v) is 6.67. The third-order valence-corrected chi connectivity index (χ3v) is 4.48. The number of nitrogens with one attached hydrogen (secondary N) is 1. The maximum Gasteiger partial charge on any atom is 0.332 e. The second kappa shape index (κ2) is 4.31. The van der Waals surface area contributed by atoms with E-state index in [4.69, 9.17) is 0 Å². The first-order chi connectivity index (χ1) is 9.63. The fourth-order valence-corrected chi connectivity index (χ4v) is 2.95. The average molecular weight is 339 g/mol. The van der Waals surface area contributed by atoms with Gasteiger partial charge < -0.3 is 4.98 Å². The van der Waals surface area contributed by atoms with Crippen molar-refractivity contribution in [1.82, 2.24) is 19.1 Å². The highest BCUT2D eigenvalue weighted by Gasteiger charge is 2.28. The van der Waals surface area contributed by atoms with E-state index in [0.29, 0.717) is 40.8 Å². The van der Waals surface area contributed by atoms with Gasteiger partial charge in [0.15, 0.2) is 15.9 Å². The Morgan fingerprint density at radius 2 is 1.70 bits per heavy atom. The molecule has 2 aromatic rings. The summed E-state index contributed by atoms with van der Waals surface area (Å²) in [5, 5.41) is 0. The number of imidazole rings is 1. The van der Waals surface area contributed by atoms with Crippen molar-refractivity contribution >= 4 is 27.1 Å². The molecule has 2 aromatic heterocycles. The van der Waals surface area contributed by atoms with E-state index in [1.807, 2.05) is 0 Å². The van der Waals surface area contributed by atoms with Crippen LogP contribution in [0.5, 0.6) is 0 Å². The van der Waals surface area contributed by atoms with Crippen LogP contribution in [0, 0.1) is 11.8 Å². The van der Waals surface area contributed by atoms with E-state index >= 15 is 0 Å². The lowest BCUT2D eigenvalue weighted by Gasteiger charge is -2.10. The van der Waals surface area contributed by atoms with Crippen molar-refractivity contribution < 1.29 is 0 Å². The van der Waals surface area contributed by atoms with Crippen molar-refractivity contribution in [2.75, 3.05) is 0 Å². The molecule has 0 atom stereocenters. The highest BCUT2D eigenvalue weighted by atomic mass is 79.9. The maximum absolute atomic E-state index is 12.6. The molecule has 0 radical (unpaired) electrons. The number of rotatable bonds is 4. The Morgan fingerprint density at radius 1 is 1.10 bits per heavy atom. The largest absolute Gasteiger partial charge is 0.332 e.